The van der Waals surface area contributed by atoms with Gasteiger partial charge in [0.05, 0.1) is 15.1 Å². The van der Waals surface area contributed by atoms with E-state index in [2.05, 4.69) is 40.1 Å². The van der Waals surface area contributed by atoms with Crippen molar-refractivity contribution in [3.63, 3.8) is 0 Å². The van der Waals surface area contributed by atoms with Crippen molar-refractivity contribution in [2.45, 2.75) is 25.2 Å². The standard InChI is InChI=1S/C21H22BrN3O3S2/c1-13-9-14(2)12-25(11-13)30(27,28)17-6-3-15(4-7-17)20(26)24-21-23-18-8-5-16(22)10-19(18)29-21/h3-8,10,13-14H,9,11-12H2,1-2H3,(H,23,24,26)/t13-,14+. The lowest BCUT2D eigenvalue weighted by molar-refractivity contribution is 0.102. The zero-order chi connectivity index (χ0) is 21.5. The van der Waals surface area contributed by atoms with Gasteiger partial charge in [0.25, 0.3) is 5.91 Å². The molecule has 1 aromatic heterocycles. The van der Waals surface area contributed by atoms with Crippen LogP contribution in [0.5, 0.6) is 0 Å². The molecule has 0 aliphatic carbocycles. The molecule has 9 heteroatoms. The smallest absolute Gasteiger partial charge is 0.257 e. The molecule has 0 bridgehead atoms. The maximum absolute atomic E-state index is 13.0. The van der Waals surface area contributed by atoms with E-state index in [9.17, 15) is 13.2 Å². The summed E-state index contributed by atoms with van der Waals surface area (Å²) in [6.07, 6.45) is 1.04. The maximum Gasteiger partial charge on any atom is 0.257 e. The Morgan fingerprint density at radius 2 is 1.80 bits per heavy atom. The van der Waals surface area contributed by atoms with Crippen LogP contribution in [0.1, 0.15) is 30.6 Å². The highest BCUT2D eigenvalue weighted by molar-refractivity contribution is 9.10. The van der Waals surface area contributed by atoms with Gasteiger partial charge in [0.2, 0.25) is 10.0 Å². The number of fused-ring (bicyclic) bond motifs is 1. The number of amides is 1. The highest BCUT2D eigenvalue weighted by Gasteiger charge is 2.31. The molecule has 30 heavy (non-hydrogen) atoms. The van der Waals surface area contributed by atoms with Gasteiger partial charge in [0, 0.05) is 23.1 Å². The van der Waals surface area contributed by atoms with E-state index in [-0.39, 0.29) is 10.8 Å². The number of hydrogen-bond donors (Lipinski definition) is 1. The molecule has 158 valence electrons. The Labute approximate surface area is 188 Å². The van der Waals surface area contributed by atoms with E-state index in [0.29, 0.717) is 35.6 Å². The second-order valence-corrected chi connectivity index (χ2v) is 11.8. The van der Waals surface area contributed by atoms with Crippen molar-refractivity contribution in [2.75, 3.05) is 18.4 Å². The van der Waals surface area contributed by atoms with Crippen LogP contribution in [0.3, 0.4) is 0 Å². The molecule has 0 spiro atoms. The number of halogens is 1. The summed E-state index contributed by atoms with van der Waals surface area (Å²) >= 11 is 4.81. The quantitative estimate of drug-likeness (QED) is 0.539. The zero-order valence-corrected chi connectivity index (χ0v) is 19.9. The predicted octanol–water partition coefficient (Wildman–Crippen LogP) is 4.98. The van der Waals surface area contributed by atoms with E-state index in [1.54, 1.807) is 16.4 Å². The molecule has 0 unspecified atom stereocenters. The maximum atomic E-state index is 13.0. The van der Waals surface area contributed by atoms with Crippen LogP contribution in [-0.4, -0.2) is 36.7 Å². The average molecular weight is 508 g/mol. The molecule has 1 fully saturated rings. The van der Waals surface area contributed by atoms with Gasteiger partial charge in [0.15, 0.2) is 5.13 Å². The van der Waals surface area contributed by atoms with Crippen molar-refractivity contribution in [3.8, 4) is 0 Å². The lowest BCUT2D eigenvalue weighted by Crippen LogP contribution is -2.42. The molecule has 0 radical (unpaired) electrons. The first kappa shape index (κ1) is 21.4. The number of thiazole rings is 1. The molecule has 1 N–H and O–H groups in total. The van der Waals surface area contributed by atoms with Crippen molar-refractivity contribution >= 4 is 58.5 Å². The summed E-state index contributed by atoms with van der Waals surface area (Å²) in [4.78, 5) is 17.2. The topological polar surface area (TPSA) is 79.4 Å². The largest absolute Gasteiger partial charge is 0.298 e. The third-order valence-electron chi connectivity index (χ3n) is 5.16. The zero-order valence-electron chi connectivity index (χ0n) is 16.6. The normalized spacial score (nSPS) is 20.4. The fourth-order valence-electron chi connectivity index (χ4n) is 3.85. The molecule has 2 atom stereocenters. The number of sulfonamides is 1. The van der Waals surface area contributed by atoms with Crippen LogP contribution < -0.4 is 5.32 Å². The van der Waals surface area contributed by atoms with Crippen molar-refractivity contribution in [1.82, 2.24) is 9.29 Å². The van der Waals surface area contributed by atoms with Crippen molar-refractivity contribution in [3.05, 3.63) is 52.5 Å². The third kappa shape index (κ3) is 4.44. The molecule has 1 aliphatic rings. The van der Waals surface area contributed by atoms with Gasteiger partial charge in [-0.1, -0.05) is 41.1 Å². The molecule has 6 nitrogen and oxygen atoms in total. The minimum absolute atomic E-state index is 0.213. The number of benzene rings is 2. The van der Waals surface area contributed by atoms with Crippen LogP contribution >= 0.6 is 27.3 Å². The molecule has 1 saturated heterocycles. The van der Waals surface area contributed by atoms with E-state index in [1.807, 2.05) is 18.2 Å². The molecule has 0 saturated carbocycles. The summed E-state index contributed by atoms with van der Waals surface area (Å²) in [6, 6.07) is 11.8. The average Bonchev–Trinajstić information content (AvgIpc) is 3.08. The van der Waals surface area contributed by atoms with Gasteiger partial charge in [-0.25, -0.2) is 13.4 Å². The fourth-order valence-corrected chi connectivity index (χ4v) is 6.94. The van der Waals surface area contributed by atoms with Crippen LogP contribution in [0.2, 0.25) is 0 Å². The van der Waals surface area contributed by atoms with E-state index in [1.165, 1.54) is 23.5 Å². The first-order valence-electron chi connectivity index (χ1n) is 9.70. The minimum Gasteiger partial charge on any atom is -0.298 e. The number of piperidine rings is 1. The summed E-state index contributed by atoms with van der Waals surface area (Å²) in [5.41, 5.74) is 1.19. The van der Waals surface area contributed by atoms with Gasteiger partial charge in [0.1, 0.15) is 0 Å². The van der Waals surface area contributed by atoms with Gasteiger partial charge in [-0.15, -0.1) is 0 Å². The summed E-state index contributed by atoms with van der Waals surface area (Å²) in [6.45, 7) is 5.21. The van der Waals surface area contributed by atoms with Gasteiger partial charge in [-0.05, 0) is 60.7 Å². The van der Waals surface area contributed by atoms with Crippen LogP contribution in [0.4, 0.5) is 5.13 Å². The molecule has 2 heterocycles. The number of hydrogen-bond acceptors (Lipinski definition) is 5. The van der Waals surface area contributed by atoms with Crippen molar-refractivity contribution < 1.29 is 13.2 Å². The van der Waals surface area contributed by atoms with Gasteiger partial charge in [-0.2, -0.15) is 4.31 Å². The highest BCUT2D eigenvalue weighted by atomic mass is 79.9. The summed E-state index contributed by atoms with van der Waals surface area (Å²) in [5.74, 6) is 0.350. The molecule has 3 aromatic rings. The Balaban J connectivity index is 1.50. The number of anilines is 1. The Bertz CT molecular complexity index is 1180. The first-order chi connectivity index (χ1) is 14.2. The number of nitrogens with zero attached hydrogens (tertiary/aromatic N) is 2. The summed E-state index contributed by atoms with van der Waals surface area (Å²) in [5, 5.41) is 3.29. The predicted molar refractivity (Wildman–Crippen MR) is 123 cm³/mol. The highest BCUT2D eigenvalue weighted by Crippen LogP contribution is 2.29. The van der Waals surface area contributed by atoms with Crippen LogP contribution in [0.25, 0.3) is 10.2 Å². The van der Waals surface area contributed by atoms with Crippen LogP contribution in [0, 0.1) is 11.8 Å². The monoisotopic (exact) mass is 507 g/mol. The summed E-state index contributed by atoms with van der Waals surface area (Å²) < 4.78 is 29.5. The Morgan fingerprint density at radius 1 is 1.13 bits per heavy atom. The number of rotatable bonds is 4. The molecule has 1 amide bonds. The first-order valence-corrected chi connectivity index (χ1v) is 12.7. The van der Waals surface area contributed by atoms with E-state index < -0.39 is 10.0 Å². The minimum atomic E-state index is -3.56. The van der Waals surface area contributed by atoms with E-state index in [4.69, 9.17) is 0 Å². The molecule has 1 aliphatic heterocycles. The van der Waals surface area contributed by atoms with Gasteiger partial charge >= 0.3 is 0 Å². The molecule has 2 aromatic carbocycles. The van der Waals surface area contributed by atoms with Gasteiger partial charge < -0.3 is 0 Å². The van der Waals surface area contributed by atoms with Crippen LogP contribution in [-0.2, 0) is 10.0 Å². The van der Waals surface area contributed by atoms with E-state index >= 15 is 0 Å². The molecular weight excluding hydrogens is 486 g/mol. The van der Waals surface area contributed by atoms with Crippen LogP contribution in [0.15, 0.2) is 51.8 Å². The number of aromatic nitrogens is 1. The Hall–Kier alpha value is -1.81. The number of nitrogens with one attached hydrogen (secondary N) is 1. The SMILES string of the molecule is C[C@@H]1C[C@H](C)CN(S(=O)(=O)c2ccc(C(=O)Nc3nc4ccc(Br)cc4s3)cc2)C1. The second kappa shape index (κ2) is 8.37. The fraction of sp³-hybridized carbons (Fsp3) is 0.333. The molecular formula is C21H22BrN3O3S2. The lowest BCUT2D eigenvalue weighted by Gasteiger charge is -2.34. The second-order valence-electron chi connectivity index (χ2n) is 7.88. The van der Waals surface area contributed by atoms with Crippen molar-refractivity contribution in [1.29, 1.82) is 0 Å². The number of carbonyl (C=O) groups excluding carboxylic acids is 1. The Kier molecular flexibility index (Phi) is 5.98. The van der Waals surface area contributed by atoms with Gasteiger partial charge in [-0.3, -0.25) is 10.1 Å². The third-order valence-corrected chi connectivity index (χ3v) is 8.43. The van der Waals surface area contributed by atoms with E-state index in [0.717, 1.165) is 21.1 Å². The van der Waals surface area contributed by atoms with Crippen molar-refractivity contribution in [2.24, 2.45) is 11.8 Å². The number of carbonyl (C=O) groups is 1. The Morgan fingerprint density at radius 3 is 2.47 bits per heavy atom. The molecule has 4 rings (SSSR count). The summed E-state index contributed by atoms with van der Waals surface area (Å²) in [7, 11) is -3.56. The lowest BCUT2D eigenvalue weighted by atomic mass is 9.94.